The molecule has 3 aromatic rings. The van der Waals surface area contributed by atoms with Crippen molar-refractivity contribution in [3.05, 3.63) is 85.5 Å². The summed E-state index contributed by atoms with van der Waals surface area (Å²) in [6.07, 6.45) is 5.62. The minimum atomic E-state index is -1.30. The summed E-state index contributed by atoms with van der Waals surface area (Å²) in [6, 6.07) is 15.6. The van der Waals surface area contributed by atoms with E-state index in [1.165, 1.54) is 0 Å². The number of hydrogen-bond donors (Lipinski definition) is 2. The van der Waals surface area contributed by atoms with Crippen LogP contribution in [0.15, 0.2) is 79.9 Å². The number of halogens is 1. The van der Waals surface area contributed by atoms with Crippen LogP contribution in [0.25, 0.3) is 11.0 Å². The second-order valence-corrected chi connectivity index (χ2v) is 15.0. The number of ether oxygens (including phenoxy) is 2. The van der Waals surface area contributed by atoms with Crippen molar-refractivity contribution in [2.75, 3.05) is 26.2 Å². The lowest BCUT2D eigenvalue weighted by Gasteiger charge is -2.37. The molecule has 0 saturated carbocycles. The molecule has 1 spiro atoms. The van der Waals surface area contributed by atoms with Gasteiger partial charge in [0.15, 0.2) is 0 Å². The van der Waals surface area contributed by atoms with Gasteiger partial charge in [-0.25, -0.2) is 4.68 Å². The summed E-state index contributed by atoms with van der Waals surface area (Å²) in [4.78, 5) is 59.4. The molecule has 53 heavy (non-hydrogen) atoms. The van der Waals surface area contributed by atoms with Crippen molar-refractivity contribution in [2.45, 2.75) is 80.3 Å². The summed E-state index contributed by atoms with van der Waals surface area (Å²) in [6.45, 7) is 8.20. The molecule has 3 amide bonds. The molecule has 2 aromatic carbocycles. The predicted molar refractivity (Wildman–Crippen MR) is 200 cm³/mol. The van der Waals surface area contributed by atoms with Crippen LogP contribution in [0.5, 0.6) is 0 Å². The van der Waals surface area contributed by atoms with E-state index in [-0.39, 0.29) is 61.9 Å². The normalized spacial score (nSPS) is 24.9. The zero-order valence-corrected chi connectivity index (χ0v) is 31.3. The Morgan fingerprint density at radius 3 is 2.60 bits per heavy atom. The summed E-state index contributed by atoms with van der Waals surface area (Å²) in [5, 5.41) is 20.7. The molecule has 14 heteroatoms. The standard InChI is InChI=1S/C39H47BrN6O7/c1-3-5-19-31(48)41-24-30(26-15-9-8-10-16-26)52-38(51)32-33-36(49)45(21-13-6-7-14-22-47)35(39(33)23-27(40)34(32)53-39)37(50)44(20-4-2)25-46-29-18-12-11-17-28(29)42-43-46/h3-4,8-12,15-18,27,30,32-35,47H,1-2,5-7,13-14,19-25H2,(H,41,48)/t27?,30-,32-,33+,34-,35-,39+/m1/s1. The van der Waals surface area contributed by atoms with Gasteiger partial charge in [0.25, 0.3) is 0 Å². The Labute approximate surface area is 317 Å². The van der Waals surface area contributed by atoms with Crippen molar-refractivity contribution in [3.8, 4) is 0 Å². The van der Waals surface area contributed by atoms with Gasteiger partial charge >= 0.3 is 5.97 Å². The fourth-order valence-electron chi connectivity index (χ4n) is 8.04. The molecule has 7 atom stereocenters. The zero-order valence-electron chi connectivity index (χ0n) is 29.7. The van der Waals surface area contributed by atoms with E-state index in [1.807, 2.05) is 54.6 Å². The third-order valence-corrected chi connectivity index (χ3v) is 11.3. The molecule has 2 bridgehead atoms. The SMILES string of the molecule is C=CCCC(=O)NC[C@@H](OC(=O)[C@H]1[C@@H]2O[C@@]3(CC2Br)[C@@H]1C(=O)N(CCCCCCO)[C@@H]3C(=O)N(CC=C)Cn1nnc2ccccc21)c1ccccc1. The Hall–Kier alpha value is -4.40. The lowest BCUT2D eigenvalue weighted by Crippen LogP contribution is -2.57. The number of unbranched alkanes of at least 4 members (excludes halogenated alkanes) is 3. The summed E-state index contributed by atoms with van der Waals surface area (Å²) in [5.74, 6) is -3.44. The number of para-hydroxylation sites is 1. The highest BCUT2D eigenvalue weighted by atomic mass is 79.9. The van der Waals surface area contributed by atoms with Gasteiger partial charge < -0.3 is 29.7 Å². The maximum absolute atomic E-state index is 14.9. The Morgan fingerprint density at radius 2 is 1.85 bits per heavy atom. The van der Waals surface area contributed by atoms with Crippen LogP contribution < -0.4 is 5.32 Å². The number of likely N-dealkylation sites (tertiary alicyclic amines) is 1. The molecule has 4 heterocycles. The fraction of sp³-hybridized carbons (Fsp3) is 0.487. The molecule has 1 aromatic heterocycles. The second kappa shape index (κ2) is 17.2. The van der Waals surface area contributed by atoms with Gasteiger partial charge in [-0.1, -0.05) is 88.6 Å². The van der Waals surface area contributed by atoms with E-state index in [0.717, 1.165) is 18.4 Å². The van der Waals surface area contributed by atoms with E-state index in [4.69, 9.17) is 9.47 Å². The summed E-state index contributed by atoms with van der Waals surface area (Å²) in [5.41, 5.74) is 0.825. The van der Waals surface area contributed by atoms with Crippen LogP contribution in [0.1, 0.15) is 56.6 Å². The summed E-state index contributed by atoms with van der Waals surface area (Å²) >= 11 is 3.75. The molecule has 13 nitrogen and oxygen atoms in total. The molecule has 3 saturated heterocycles. The van der Waals surface area contributed by atoms with Gasteiger partial charge in [0, 0.05) is 30.9 Å². The zero-order chi connectivity index (χ0) is 37.5. The van der Waals surface area contributed by atoms with Crippen LogP contribution in [-0.4, -0.2) is 102 Å². The van der Waals surface area contributed by atoms with Crippen LogP contribution in [0.2, 0.25) is 0 Å². The number of esters is 1. The highest BCUT2D eigenvalue weighted by molar-refractivity contribution is 9.09. The molecule has 0 radical (unpaired) electrons. The van der Waals surface area contributed by atoms with Gasteiger partial charge in [0.05, 0.1) is 30.0 Å². The molecule has 1 unspecified atom stereocenters. The predicted octanol–water partition coefficient (Wildman–Crippen LogP) is 4.07. The van der Waals surface area contributed by atoms with Gasteiger partial charge in [-0.3, -0.25) is 19.2 Å². The Kier molecular flexibility index (Phi) is 12.4. The summed E-state index contributed by atoms with van der Waals surface area (Å²) < 4.78 is 14.6. The molecule has 3 aliphatic rings. The van der Waals surface area contributed by atoms with Crippen molar-refractivity contribution in [2.24, 2.45) is 11.8 Å². The van der Waals surface area contributed by atoms with Gasteiger partial charge in [-0.15, -0.1) is 18.3 Å². The molecular weight excluding hydrogens is 744 g/mol. The van der Waals surface area contributed by atoms with Crippen molar-refractivity contribution in [3.63, 3.8) is 0 Å². The molecule has 0 aliphatic carbocycles. The van der Waals surface area contributed by atoms with Crippen LogP contribution in [-0.2, 0) is 35.3 Å². The number of benzene rings is 2. The first-order valence-corrected chi connectivity index (χ1v) is 19.2. The molecular formula is C39H47BrN6O7. The van der Waals surface area contributed by atoms with Gasteiger partial charge in [-0.2, -0.15) is 0 Å². The largest absolute Gasteiger partial charge is 0.455 e. The maximum Gasteiger partial charge on any atom is 0.313 e. The minimum absolute atomic E-state index is 0.0417. The van der Waals surface area contributed by atoms with Crippen LogP contribution >= 0.6 is 15.9 Å². The van der Waals surface area contributed by atoms with E-state index < -0.39 is 41.7 Å². The number of carbonyl (C=O) groups excluding carboxylic acids is 4. The van der Waals surface area contributed by atoms with Crippen LogP contribution in [0.4, 0.5) is 0 Å². The number of nitrogens with zero attached hydrogens (tertiary/aromatic N) is 5. The smallest absolute Gasteiger partial charge is 0.313 e. The second-order valence-electron chi connectivity index (χ2n) is 13.9. The molecule has 3 fully saturated rings. The van der Waals surface area contributed by atoms with Crippen molar-refractivity contribution in [1.82, 2.24) is 30.1 Å². The summed E-state index contributed by atoms with van der Waals surface area (Å²) in [7, 11) is 0. The number of alkyl halides is 1. The maximum atomic E-state index is 14.9. The third kappa shape index (κ3) is 7.81. The first kappa shape index (κ1) is 38.3. The topological polar surface area (TPSA) is 156 Å². The minimum Gasteiger partial charge on any atom is -0.455 e. The number of amides is 3. The average molecular weight is 792 g/mol. The van der Waals surface area contributed by atoms with Crippen LogP contribution in [0, 0.1) is 11.8 Å². The first-order chi connectivity index (χ1) is 25.7. The van der Waals surface area contributed by atoms with Crippen LogP contribution in [0.3, 0.4) is 0 Å². The van der Waals surface area contributed by atoms with E-state index >= 15 is 0 Å². The number of carbonyl (C=O) groups is 4. The first-order valence-electron chi connectivity index (χ1n) is 18.3. The lowest BCUT2D eigenvalue weighted by molar-refractivity contribution is -0.160. The number of aliphatic hydroxyl groups excluding tert-OH is 1. The number of aromatic nitrogens is 3. The Bertz CT molecular complexity index is 1800. The van der Waals surface area contributed by atoms with Crippen molar-refractivity contribution >= 4 is 50.7 Å². The molecule has 282 valence electrons. The number of aliphatic hydroxyl groups is 1. The van der Waals surface area contributed by atoms with Crippen molar-refractivity contribution < 1.29 is 33.8 Å². The quantitative estimate of drug-likeness (QED) is 0.0792. The monoisotopic (exact) mass is 790 g/mol. The Morgan fingerprint density at radius 1 is 1.09 bits per heavy atom. The van der Waals surface area contributed by atoms with Gasteiger partial charge in [0.1, 0.15) is 29.9 Å². The highest BCUT2D eigenvalue weighted by Gasteiger charge is 2.77. The van der Waals surface area contributed by atoms with Gasteiger partial charge in [0.2, 0.25) is 17.7 Å². The molecule has 3 aliphatic heterocycles. The van der Waals surface area contributed by atoms with E-state index in [1.54, 1.807) is 26.6 Å². The Balaban J connectivity index is 1.30. The van der Waals surface area contributed by atoms with Crippen molar-refractivity contribution in [1.29, 1.82) is 0 Å². The number of hydrogen-bond acceptors (Lipinski definition) is 9. The fourth-order valence-corrected chi connectivity index (χ4v) is 8.98. The average Bonchev–Trinajstić information content (AvgIpc) is 3.89. The lowest BCUT2D eigenvalue weighted by atomic mass is 9.70. The number of fused-ring (bicyclic) bond motifs is 2. The number of rotatable bonds is 19. The van der Waals surface area contributed by atoms with E-state index in [0.29, 0.717) is 36.8 Å². The van der Waals surface area contributed by atoms with E-state index in [2.05, 4.69) is 44.7 Å². The molecule has 6 rings (SSSR count). The van der Waals surface area contributed by atoms with E-state index in [9.17, 15) is 24.3 Å². The molecule has 2 N–H and O–H groups in total. The van der Waals surface area contributed by atoms with Gasteiger partial charge in [-0.05, 0) is 43.4 Å². The third-order valence-electron chi connectivity index (χ3n) is 10.5. The number of allylic oxidation sites excluding steroid dienone is 1. The highest BCUT2D eigenvalue weighted by Crippen LogP contribution is 2.60. The number of nitrogens with one attached hydrogen (secondary N) is 1.